The zero-order valence-electron chi connectivity index (χ0n) is 8.78. The van der Waals surface area contributed by atoms with Crippen LogP contribution < -0.4 is 10.5 Å². The van der Waals surface area contributed by atoms with Gasteiger partial charge in [-0.3, -0.25) is 0 Å². The molecule has 5 heteroatoms. The predicted octanol–water partition coefficient (Wildman–Crippen LogP) is 4.18. The summed E-state index contributed by atoms with van der Waals surface area (Å²) in [7, 11) is 0. The van der Waals surface area contributed by atoms with Crippen molar-refractivity contribution in [3.8, 4) is 0 Å². The van der Waals surface area contributed by atoms with E-state index in [9.17, 15) is 4.39 Å². The van der Waals surface area contributed by atoms with Crippen LogP contribution in [0.3, 0.4) is 0 Å². The van der Waals surface area contributed by atoms with Gasteiger partial charge >= 0.3 is 0 Å². The molecular weight excluding hydrogens is 259 g/mol. The third-order valence-electron chi connectivity index (χ3n) is 2.10. The fourth-order valence-corrected chi connectivity index (χ4v) is 2.20. The maximum absolute atomic E-state index is 13.5. The van der Waals surface area contributed by atoms with Crippen LogP contribution in [0, 0.1) is 5.82 Å². The fourth-order valence-electron chi connectivity index (χ4n) is 1.25. The highest BCUT2D eigenvalue weighted by atomic mass is 35.5. The summed E-state index contributed by atoms with van der Waals surface area (Å²) in [4.78, 5) is 0.838. The van der Waals surface area contributed by atoms with E-state index in [1.54, 1.807) is 18.2 Å². The molecule has 2 aromatic rings. The number of hydrogen-bond acceptors (Lipinski definition) is 3. The van der Waals surface area contributed by atoms with Crippen LogP contribution >= 0.6 is 23.5 Å². The average molecular weight is 269 g/mol. The molecule has 3 N–H and O–H groups in total. The highest BCUT2D eigenvalue weighted by Crippen LogP contribution is 2.29. The van der Waals surface area contributed by atoms with Crippen molar-refractivity contribution in [1.29, 1.82) is 0 Å². The quantitative estimate of drug-likeness (QED) is 0.648. The first-order valence-corrected chi connectivity index (χ1v) is 6.08. The molecule has 0 heterocycles. The molecule has 0 atom stereocenters. The molecule has 2 aromatic carbocycles. The zero-order valence-corrected chi connectivity index (χ0v) is 10.4. The number of nitrogen functional groups attached to an aromatic ring is 1. The van der Waals surface area contributed by atoms with E-state index in [4.69, 9.17) is 17.3 Å². The first kappa shape index (κ1) is 12.1. The number of nitrogens with one attached hydrogen (secondary N) is 1. The van der Waals surface area contributed by atoms with Crippen molar-refractivity contribution in [2.75, 3.05) is 10.5 Å². The van der Waals surface area contributed by atoms with Crippen LogP contribution in [0.5, 0.6) is 0 Å². The first-order chi connectivity index (χ1) is 8.16. The van der Waals surface area contributed by atoms with Crippen LogP contribution in [0.1, 0.15) is 0 Å². The van der Waals surface area contributed by atoms with Gasteiger partial charge in [-0.05, 0) is 42.3 Å². The average Bonchev–Trinajstić information content (AvgIpc) is 2.30. The van der Waals surface area contributed by atoms with Gasteiger partial charge in [0.25, 0.3) is 0 Å². The Balaban J connectivity index is 2.10. The maximum atomic E-state index is 13.5. The summed E-state index contributed by atoms with van der Waals surface area (Å²) < 4.78 is 16.4. The second-order valence-electron chi connectivity index (χ2n) is 3.37. The Labute approximate surface area is 108 Å². The van der Waals surface area contributed by atoms with Crippen LogP contribution in [0.15, 0.2) is 47.4 Å². The van der Waals surface area contributed by atoms with Gasteiger partial charge in [-0.15, -0.1) is 0 Å². The number of halogens is 2. The van der Waals surface area contributed by atoms with Crippen molar-refractivity contribution in [3.05, 3.63) is 53.3 Å². The molecule has 0 unspecified atom stereocenters. The molecule has 0 saturated carbocycles. The van der Waals surface area contributed by atoms with Gasteiger partial charge in [-0.1, -0.05) is 23.7 Å². The van der Waals surface area contributed by atoms with E-state index < -0.39 is 0 Å². The van der Waals surface area contributed by atoms with Gasteiger partial charge in [0.1, 0.15) is 5.82 Å². The lowest BCUT2D eigenvalue weighted by Crippen LogP contribution is -1.93. The second-order valence-corrected chi connectivity index (χ2v) is 4.63. The number of hydrogen-bond donors (Lipinski definition) is 2. The van der Waals surface area contributed by atoms with Gasteiger partial charge in [0.05, 0.1) is 10.7 Å². The van der Waals surface area contributed by atoms with Crippen molar-refractivity contribution in [1.82, 2.24) is 0 Å². The number of nitrogens with two attached hydrogens (primary N) is 1. The summed E-state index contributed by atoms with van der Waals surface area (Å²) in [5, 5.41) is 0.626. The van der Waals surface area contributed by atoms with Crippen LogP contribution in [-0.4, -0.2) is 0 Å². The van der Waals surface area contributed by atoms with E-state index in [0.717, 1.165) is 4.90 Å². The highest BCUT2D eigenvalue weighted by Gasteiger charge is 2.04. The summed E-state index contributed by atoms with van der Waals surface area (Å²) in [6, 6.07) is 11.9. The molecule has 0 amide bonds. The third-order valence-corrected chi connectivity index (χ3v) is 3.44. The summed E-state index contributed by atoms with van der Waals surface area (Å²) in [6.07, 6.45) is 0. The topological polar surface area (TPSA) is 38.0 Å². The predicted molar refractivity (Wildman–Crippen MR) is 71.7 cm³/mol. The second kappa shape index (κ2) is 5.29. The lowest BCUT2D eigenvalue weighted by molar-refractivity contribution is 0.633. The van der Waals surface area contributed by atoms with Crippen LogP contribution in [-0.2, 0) is 0 Å². The van der Waals surface area contributed by atoms with Gasteiger partial charge in [0, 0.05) is 10.6 Å². The number of benzene rings is 2. The molecular formula is C12H10ClFN2S. The zero-order chi connectivity index (χ0) is 12.3. The number of anilines is 2. The monoisotopic (exact) mass is 268 g/mol. The number of rotatable bonds is 3. The van der Waals surface area contributed by atoms with Crippen molar-refractivity contribution in [2.24, 2.45) is 0 Å². The summed E-state index contributed by atoms with van der Waals surface area (Å²) in [5.41, 5.74) is 6.24. The van der Waals surface area contributed by atoms with Crippen LogP contribution in [0.25, 0.3) is 0 Å². The van der Waals surface area contributed by atoms with Gasteiger partial charge in [-0.25, -0.2) is 4.39 Å². The summed E-state index contributed by atoms with van der Waals surface area (Å²) in [5.74, 6) is -0.385. The molecule has 0 aliphatic rings. The minimum atomic E-state index is -0.385. The van der Waals surface area contributed by atoms with Gasteiger partial charge < -0.3 is 10.5 Å². The normalized spacial score (nSPS) is 10.2. The van der Waals surface area contributed by atoms with Crippen LogP contribution in [0.4, 0.5) is 15.8 Å². The molecule has 88 valence electrons. The molecule has 0 aliphatic carbocycles. The van der Waals surface area contributed by atoms with Crippen molar-refractivity contribution >= 4 is 34.9 Å². The lowest BCUT2D eigenvalue weighted by Gasteiger charge is -2.08. The van der Waals surface area contributed by atoms with Crippen LogP contribution in [0.2, 0.25) is 5.02 Å². The minimum absolute atomic E-state index is 0.379. The Morgan fingerprint density at radius 3 is 2.65 bits per heavy atom. The fraction of sp³-hybridized carbons (Fsp3) is 0. The first-order valence-electron chi connectivity index (χ1n) is 4.89. The van der Waals surface area contributed by atoms with Gasteiger partial charge in [0.2, 0.25) is 0 Å². The Bertz CT molecular complexity index is 534. The highest BCUT2D eigenvalue weighted by molar-refractivity contribution is 8.00. The Morgan fingerprint density at radius 1 is 1.18 bits per heavy atom. The SMILES string of the molecule is Nc1ccc(NSc2ccccc2Cl)c(F)c1. The molecule has 0 aromatic heterocycles. The Hall–Kier alpha value is -1.39. The van der Waals surface area contributed by atoms with Crippen molar-refractivity contribution in [3.63, 3.8) is 0 Å². The smallest absolute Gasteiger partial charge is 0.149 e. The third kappa shape index (κ3) is 3.05. The molecule has 2 rings (SSSR count). The molecule has 0 radical (unpaired) electrons. The van der Waals surface area contributed by atoms with E-state index in [1.807, 2.05) is 18.2 Å². The molecule has 0 aliphatic heterocycles. The van der Waals surface area contributed by atoms with Gasteiger partial charge in [-0.2, -0.15) is 0 Å². The summed E-state index contributed by atoms with van der Waals surface area (Å²) in [6.45, 7) is 0. The molecule has 0 spiro atoms. The molecule has 17 heavy (non-hydrogen) atoms. The van der Waals surface area contributed by atoms with E-state index in [2.05, 4.69) is 4.72 Å². The lowest BCUT2D eigenvalue weighted by atomic mass is 10.3. The minimum Gasteiger partial charge on any atom is -0.399 e. The van der Waals surface area contributed by atoms with E-state index in [0.29, 0.717) is 16.4 Å². The van der Waals surface area contributed by atoms with E-state index in [1.165, 1.54) is 18.0 Å². The van der Waals surface area contributed by atoms with E-state index in [-0.39, 0.29) is 5.82 Å². The Morgan fingerprint density at radius 2 is 1.94 bits per heavy atom. The largest absolute Gasteiger partial charge is 0.399 e. The molecule has 2 nitrogen and oxygen atoms in total. The molecule has 0 bridgehead atoms. The van der Waals surface area contributed by atoms with Crippen molar-refractivity contribution < 1.29 is 4.39 Å². The Kier molecular flexibility index (Phi) is 3.76. The van der Waals surface area contributed by atoms with Crippen molar-refractivity contribution in [2.45, 2.75) is 4.90 Å². The summed E-state index contributed by atoms with van der Waals surface area (Å²) >= 11 is 7.24. The van der Waals surface area contributed by atoms with Gasteiger partial charge in [0.15, 0.2) is 0 Å². The maximum Gasteiger partial charge on any atom is 0.149 e. The van der Waals surface area contributed by atoms with E-state index >= 15 is 0 Å². The molecule has 0 fully saturated rings. The molecule has 0 saturated heterocycles. The standard InChI is InChI=1S/C12H10ClFN2S/c13-9-3-1-2-4-12(9)17-16-11-6-5-8(15)7-10(11)14/h1-7,16H,15H2.